The van der Waals surface area contributed by atoms with Crippen molar-refractivity contribution < 1.29 is 14.6 Å². The lowest BCUT2D eigenvalue weighted by molar-refractivity contribution is 0.0979. The maximum atomic E-state index is 12.6. The van der Waals surface area contributed by atoms with Crippen molar-refractivity contribution in [2.75, 3.05) is 26.2 Å². The minimum absolute atomic E-state index is 0.0274. The molecular weight excluding hydrogens is 486 g/mol. The number of ether oxygens (including phenoxy) is 1. The molecule has 2 N–H and O–H groups in total. The van der Waals surface area contributed by atoms with E-state index in [-0.39, 0.29) is 12.4 Å². The van der Waals surface area contributed by atoms with Crippen LogP contribution in [-0.4, -0.2) is 58.7 Å². The number of benzene rings is 3. The van der Waals surface area contributed by atoms with Gasteiger partial charge in [-0.1, -0.05) is 48.0 Å². The molecule has 0 saturated carbocycles. The van der Waals surface area contributed by atoms with E-state index in [2.05, 4.69) is 76.3 Å². The first-order chi connectivity index (χ1) is 18.9. The van der Waals surface area contributed by atoms with Gasteiger partial charge in [-0.05, 0) is 82.6 Å². The third-order valence-electron chi connectivity index (χ3n) is 7.74. The minimum Gasteiger partial charge on any atom is -0.491 e. The van der Waals surface area contributed by atoms with Crippen molar-refractivity contribution in [3.63, 3.8) is 0 Å². The number of nitrogens with one attached hydrogen (secondary N) is 1. The van der Waals surface area contributed by atoms with Gasteiger partial charge in [0, 0.05) is 41.5 Å². The molecule has 1 fully saturated rings. The first kappa shape index (κ1) is 27.1. The van der Waals surface area contributed by atoms with Crippen LogP contribution >= 0.6 is 0 Å². The lowest BCUT2D eigenvalue weighted by Gasteiger charge is -2.33. The number of likely N-dealkylation sites (tertiary alicyclic amines) is 1. The number of hydrogen-bond donors (Lipinski definition) is 2. The fourth-order valence-electron chi connectivity index (χ4n) is 5.65. The summed E-state index contributed by atoms with van der Waals surface area (Å²) in [6.07, 6.45) is 1.53. The van der Waals surface area contributed by atoms with E-state index in [1.807, 2.05) is 25.1 Å². The first-order valence-corrected chi connectivity index (χ1v) is 13.9. The Balaban J connectivity index is 1.16. The molecule has 0 amide bonds. The molecule has 1 aliphatic heterocycles. The van der Waals surface area contributed by atoms with Crippen molar-refractivity contribution in [2.45, 2.75) is 52.3 Å². The van der Waals surface area contributed by atoms with Crippen LogP contribution in [0.15, 0.2) is 72.8 Å². The van der Waals surface area contributed by atoms with E-state index in [4.69, 9.17) is 4.74 Å². The van der Waals surface area contributed by atoms with Gasteiger partial charge in [0.05, 0.1) is 5.52 Å². The highest BCUT2D eigenvalue weighted by Gasteiger charge is 2.21. The van der Waals surface area contributed by atoms with E-state index in [0.29, 0.717) is 23.9 Å². The molecule has 0 aliphatic carbocycles. The van der Waals surface area contributed by atoms with Crippen LogP contribution in [0.1, 0.15) is 46.9 Å². The molecule has 0 radical (unpaired) electrons. The van der Waals surface area contributed by atoms with E-state index in [9.17, 15) is 9.90 Å². The average molecular weight is 526 g/mol. The zero-order valence-corrected chi connectivity index (χ0v) is 23.2. The van der Waals surface area contributed by atoms with Gasteiger partial charge in [0.2, 0.25) is 0 Å². The van der Waals surface area contributed by atoms with Crippen LogP contribution in [0.2, 0.25) is 0 Å². The zero-order chi connectivity index (χ0) is 27.4. The van der Waals surface area contributed by atoms with Crippen molar-refractivity contribution in [2.24, 2.45) is 0 Å². The molecule has 6 heteroatoms. The number of carbonyl (C=O) groups excluding carboxylic acids is 1. The molecule has 1 atom stereocenters. The average Bonchev–Trinajstić information content (AvgIpc) is 3.23. The van der Waals surface area contributed by atoms with Crippen LogP contribution in [-0.2, 0) is 6.54 Å². The Labute approximate surface area is 231 Å². The van der Waals surface area contributed by atoms with Crippen molar-refractivity contribution in [3.8, 4) is 11.4 Å². The SMILES string of the molecule is CC(=O)c1c(C)n(-c2ccc(C)cc2)c2ccc(OCC(O)CNC3CCN(Cc4ccccc4)CC3)cc12. The van der Waals surface area contributed by atoms with E-state index < -0.39 is 6.10 Å². The summed E-state index contributed by atoms with van der Waals surface area (Å²) < 4.78 is 8.11. The maximum absolute atomic E-state index is 12.6. The highest BCUT2D eigenvalue weighted by Crippen LogP contribution is 2.32. The molecule has 4 aromatic rings. The van der Waals surface area contributed by atoms with Crippen LogP contribution in [0.5, 0.6) is 5.75 Å². The second kappa shape index (κ2) is 12.2. The van der Waals surface area contributed by atoms with Crippen molar-refractivity contribution >= 4 is 16.7 Å². The third-order valence-corrected chi connectivity index (χ3v) is 7.74. The molecule has 2 heterocycles. The predicted molar refractivity (Wildman–Crippen MR) is 157 cm³/mol. The number of nitrogens with zero attached hydrogens (tertiary/aromatic N) is 2. The number of aliphatic hydroxyl groups is 1. The summed E-state index contributed by atoms with van der Waals surface area (Å²) in [6, 6.07) is 25.2. The molecule has 5 rings (SSSR count). The molecule has 0 spiro atoms. The minimum atomic E-state index is -0.616. The number of aryl methyl sites for hydroxylation is 1. The molecule has 3 aromatic carbocycles. The standard InChI is InChI=1S/C33H39N3O3/c1-23-9-11-28(12-10-23)36-24(2)33(25(3)37)31-19-30(13-14-32(31)36)39-22-29(38)20-34-27-15-17-35(18-16-27)21-26-7-5-4-6-8-26/h4-14,19,27,29,34,38H,15-18,20-22H2,1-3H3. The Morgan fingerprint density at radius 3 is 2.44 bits per heavy atom. The first-order valence-electron chi connectivity index (χ1n) is 13.9. The highest BCUT2D eigenvalue weighted by molar-refractivity contribution is 6.09. The molecule has 1 aromatic heterocycles. The van der Waals surface area contributed by atoms with Crippen LogP contribution < -0.4 is 10.1 Å². The molecule has 204 valence electrons. The summed E-state index contributed by atoms with van der Waals surface area (Å²) in [6.45, 7) is 9.45. The van der Waals surface area contributed by atoms with Crippen LogP contribution in [0.4, 0.5) is 0 Å². The van der Waals surface area contributed by atoms with Gasteiger partial charge in [0.1, 0.15) is 18.5 Å². The van der Waals surface area contributed by atoms with E-state index in [0.717, 1.165) is 54.8 Å². The van der Waals surface area contributed by atoms with E-state index in [1.165, 1.54) is 11.1 Å². The summed E-state index contributed by atoms with van der Waals surface area (Å²) in [7, 11) is 0. The Bertz CT molecular complexity index is 1400. The fourth-order valence-corrected chi connectivity index (χ4v) is 5.65. The number of aromatic nitrogens is 1. The lowest BCUT2D eigenvalue weighted by atomic mass is 10.0. The van der Waals surface area contributed by atoms with Crippen molar-refractivity contribution in [1.82, 2.24) is 14.8 Å². The molecular formula is C33H39N3O3. The van der Waals surface area contributed by atoms with Crippen LogP contribution in [0.25, 0.3) is 16.6 Å². The Morgan fingerprint density at radius 1 is 1.03 bits per heavy atom. The molecule has 6 nitrogen and oxygen atoms in total. The van der Waals surface area contributed by atoms with Gasteiger partial charge in [-0.25, -0.2) is 0 Å². The number of ketones is 1. The largest absolute Gasteiger partial charge is 0.491 e. The van der Waals surface area contributed by atoms with Crippen LogP contribution in [0, 0.1) is 13.8 Å². The summed E-state index contributed by atoms with van der Waals surface area (Å²) in [5, 5.41) is 15.0. The van der Waals surface area contributed by atoms with Gasteiger partial charge in [-0.2, -0.15) is 0 Å². The third kappa shape index (κ3) is 6.41. The van der Waals surface area contributed by atoms with Gasteiger partial charge >= 0.3 is 0 Å². The Hall–Kier alpha value is -3.45. The molecule has 1 unspecified atom stereocenters. The Morgan fingerprint density at radius 2 is 1.74 bits per heavy atom. The summed E-state index contributed by atoms with van der Waals surface area (Å²) >= 11 is 0. The molecule has 0 bridgehead atoms. The normalized spacial score (nSPS) is 15.5. The number of hydrogen-bond acceptors (Lipinski definition) is 5. The number of fused-ring (bicyclic) bond motifs is 1. The second-order valence-electron chi connectivity index (χ2n) is 10.8. The van der Waals surface area contributed by atoms with Gasteiger partial charge < -0.3 is 19.7 Å². The summed E-state index contributed by atoms with van der Waals surface area (Å²) in [4.78, 5) is 15.1. The van der Waals surface area contributed by atoms with E-state index >= 15 is 0 Å². The van der Waals surface area contributed by atoms with Crippen molar-refractivity contribution in [3.05, 3.63) is 95.2 Å². The highest BCUT2D eigenvalue weighted by atomic mass is 16.5. The number of piperidine rings is 1. The van der Waals surface area contributed by atoms with Crippen LogP contribution in [0.3, 0.4) is 0 Å². The van der Waals surface area contributed by atoms with Gasteiger partial charge in [-0.15, -0.1) is 0 Å². The number of rotatable bonds is 10. The maximum Gasteiger partial charge on any atom is 0.162 e. The number of carbonyl (C=O) groups is 1. The summed E-state index contributed by atoms with van der Waals surface area (Å²) in [5.41, 5.74) is 6.16. The smallest absolute Gasteiger partial charge is 0.162 e. The predicted octanol–water partition coefficient (Wildman–Crippen LogP) is 5.44. The molecule has 1 saturated heterocycles. The lowest BCUT2D eigenvalue weighted by Crippen LogP contribution is -2.45. The zero-order valence-electron chi connectivity index (χ0n) is 23.2. The fraction of sp³-hybridized carbons (Fsp3) is 0.364. The Kier molecular flexibility index (Phi) is 8.46. The molecule has 39 heavy (non-hydrogen) atoms. The topological polar surface area (TPSA) is 66.7 Å². The summed E-state index contributed by atoms with van der Waals surface area (Å²) in [5.74, 6) is 0.680. The van der Waals surface area contributed by atoms with Gasteiger partial charge in [0.25, 0.3) is 0 Å². The van der Waals surface area contributed by atoms with Crippen molar-refractivity contribution in [1.29, 1.82) is 0 Å². The molecule has 1 aliphatic rings. The quantitative estimate of drug-likeness (QED) is 0.270. The van der Waals surface area contributed by atoms with E-state index in [1.54, 1.807) is 6.92 Å². The van der Waals surface area contributed by atoms with Gasteiger partial charge in [-0.3, -0.25) is 9.69 Å². The number of Topliss-reactive ketones (excluding diaryl/α,β-unsaturated/α-hetero) is 1. The monoisotopic (exact) mass is 525 g/mol. The number of aliphatic hydroxyl groups excluding tert-OH is 1. The van der Waals surface area contributed by atoms with Gasteiger partial charge in [0.15, 0.2) is 5.78 Å². The second-order valence-corrected chi connectivity index (χ2v) is 10.8.